The van der Waals surface area contributed by atoms with Crippen LogP contribution in [0.2, 0.25) is 0 Å². The molecule has 1 aromatic rings. The van der Waals surface area contributed by atoms with E-state index in [1.54, 1.807) is 7.11 Å². The van der Waals surface area contributed by atoms with Gasteiger partial charge in [0.15, 0.2) is 0 Å². The van der Waals surface area contributed by atoms with Crippen molar-refractivity contribution in [1.29, 1.82) is 0 Å². The highest BCUT2D eigenvalue weighted by molar-refractivity contribution is 14.1. The van der Waals surface area contributed by atoms with Crippen LogP contribution in [0.5, 0.6) is 0 Å². The second-order valence-electron chi connectivity index (χ2n) is 9.15. The van der Waals surface area contributed by atoms with Gasteiger partial charge in [-0.3, -0.25) is 0 Å². The molecule has 1 atom stereocenters. The van der Waals surface area contributed by atoms with Gasteiger partial charge in [-0.15, -0.1) is 0 Å². The van der Waals surface area contributed by atoms with Gasteiger partial charge in [0.05, 0.1) is 13.2 Å². The molecule has 0 aliphatic heterocycles. The normalized spacial score (nSPS) is 12.3. The summed E-state index contributed by atoms with van der Waals surface area (Å²) >= 11 is 2.37. The molecule has 0 aliphatic rings. The fourth-order valence-electron chi connectivity index (χ4n) is 4.07. The average molecular weight is 561 g/mol. The van der Waals surface area contributed by atoms with Gasteiger partial charge in [0.25, 0.3) is 0 Å². The molecule has 1 rings (SSSR count). The highest BCUT2D eigenvalue weighted by Gasteiger charge is 2.04. The van der Waals surface area contributed by atoms with Crippen LogP contribution >= 0.6 is 22.6 Å². The number of aryl methyl sites for hydroxylation is 1. The van der Waals surface area contributed by atoms with Crippen molar-refractivity contribution in [3.63, 3.8) is 0 Å². The zero-order valence-electron chi connectivity index (χ0n) is 20.7. The van der Waals surface area contributed by atoms with Crippen LogP contribution in [0, 0.1) is 3.57 Å². The summed E-state index contributed by atoms with van der Waals surface area (Å²) < 4.78 is 11.9. The van der Waals surface area contributed by atoms with Gasteiger partial charge >= 0.3 is 0 Å². The predicted molar refractivity (Wildman–Crippen MR) is 145 cm³/mol. The number of aliphatic hydroxyl groups excluding tert-OH is 1. The van der Waals surface area contributed by atoms with E-state index in [-0.39, 0.29) is 12.7 Å². The molecular formula is C28H49IO3. The molecule has 3 nitrogen and oxygen atoms in total. The second-order valence-corrected chi connectivity index (χ2v) is 10.4. The molecule has 0 aliphatic carbocycles. The van der Waals surface area contributed by atoms with E-state index in [0.29, 0.717) is 6.61 Å². The SMILES string of the molecule is COC(CO)COCCCCCCCCCCCCCCCCCCc1ccc(I)cc1. The number of rotatable bonds is 23. The van der Waals surface area contributed by atoms with E-state index in [9.17, 15) is 0 Å². The number of benzene rings is 1. The molecule has 32 heavy (non-hydrogen) atoms. The van der Waals surface area contributed by atoms with Crippen LogP contribution in [0.4, 0.5) is 0 Å². The number of hydrogen-bond donors (Lipinski definition) is 1. The van der Waals surface area contributed by atoms with Crippen molar-refractivity contribution in [2.75, 3.05) is 26.9 Å². The summed E-state index contributed by atoms with van der Waals surface area (Å²) in [4.78, 5) is 0. The van der Waals surface area contributed by atoms with Crippen molar-refractivity contribution in [2.24, 2.45) is 0 Å². The zero-order valence-corrected chi connectivity index (χ0v) is 22.8. The molecule has 0 fully saturated rings. The standard InChI is InChI=1S/C28H49IO3/c1-31-28(24-30)25-32-23-17-15-13-11-9-7-5-3-2-4-6-8-10-12-14-16-18-26-19-21-27(29)22-20-26/h19-22,28,30H,2-18,23-25H2,1H3. The number of unbranched alkanes of at least 4 members (excludes halogenated alkanes) is 15. The smallest absolute Gasteiger partial charge is 0.103 e. The second kappa shape index (κ2) is 22.6. The summed E-state index contributed by atoms with van der Waals surface area (Å²) in [6.45, 7) is 1.32. The summed E-state index contributed by atoms with van der Waals surface area (Å²) in [5.74, 6) is 0. The number of hydrogen-bond acceptors (Lipinski definition) is 3. The van der Waals surface area contributed by atoms with Crippen LogP contribution in [0.25, 0.3) is 0 Å². The number of ether oxygens (including phenoxy) is 2. The Labute approximate surface area is 212 Å². The van der Waals surface area contributed by atoms with Gasteiger partial charge in [-0.1, -0.05) is 102 Å². The molecule has 0 amide bonds. The molecule has 186 valence electrons. The number of methoxy groups -OCH3 is 1. The largest absolute Gasteiger partial charge is 0.394 e. The van der Waals surface area contributed by atoms with E-state index in [1.165, 1.54) is 112 Å². The Balaban J connectivity index is 1.70. The molecule has 1 aromatic carbocycles. The third-order valence-electron chi connectivity index (χ3n) is 6.26. The minimum atomic E-state index is -0.172. The average Bonchev–Trinajstić information content (AvgIpc) is 2.81. The maximum Gasteiger partial charge on any atom is 0.103 e. The lowest BCUT2D eigenvalue weighted by Gasteiger charge is -2.12. The first-order chi connectivity index (χ1) is 15.8. The minimum Gasteiger partial charge on any atom is -0.394 e. The topological polar surface area (TPSA) is 38.7 Å². The van der Waals surface area contributed by atoms with Crippen LogP contribution in [-0.2, 0) is 15.9 Å². The van der Waals surface area contributed by atoms with Crippen molar-refractivity contribution >= 4 is 22.6 Å². The van der Waals surface area contributed by atoms with E-state index in [4.69, 9.17) is 14.6 Å². The molecule has 0 heterocycles. The first kappa shape index (κ1) is 29.9. The van der Waals surface area contributed by atoms with E-state index in [0.717, 1.165) is 13.0 Å². The maximum absolute atomic E-state index is 9.01. The van der Waals surface area contributed by atoms with Crippen molar-refractivity contribution in [1.82, 2.24) is 0 Å². The Bertz CT molecular complexity index is 502. The number of aliphatic hydroxyl groups is 1. The maximum atomic E-state index is 9.01. The van der Waals surface area contributed by atoms with Gasteiger partial charge in [-0.2, -0.15) is 0 Å². The molecule has 0 aromatic heterocycles. The molecule has 0 spiro atoms. The fraction of sp³-hybridized carbons (Fsp3) is 0.786. The summed E-state index contributed by atoms with van der Waals surface area (Å²) in [7, 11) is 1.61. The summed E-state index contributed by atoms with van der Waals surface area (Å²) in [6, 6.07) is 8.99. The molecule has 0 saturated carbocycles. The predicted octanol–water partition coefficient (Wildman–Crippen LogP) is 8.10. The number of halogens is 1. The minimum absolute atomic E-state index is 0.0334. The van der Waals surface area contributed by atoms with E-state index < -0.39 is 0 Å². The van der Waals surface area contributed by atoms with Gasteiger partial charge in [-0.25, -0.2) is 0 Å². The quantitative estimate of drug-likeness (QED) is 0.109. The third-order valence-corrected chi connectivity index (χ3v) is 6.98. The van der Waals surface area contributed by atoms with Crippen molar-refractivity contribution in [3.05, 3.63) is 33.4 Å². The molecular weight excluding hydrogens is 511 g/mol. The van der Waals surface area contributed by atoms with Gasteiger partial charge < -0.3 is 14.6 Å². The summed E-state index contributed by atoms with van der Waals surface area (Å²) in [5.41, 5.74) is 1.49. The highest BCUT2D eigenvalue weighted by Crippen LogP contribution is 2.15. The molecule has 0 radical (unpaired) electrons. The Morgan fingerprint density at radius 3 is 1.56 bits per heavy atom. The van der Waals surface area contributed by atoms with Crippen molar-refractivity contribution < 1.29 is 14.6 Å². The Morgan fingerprint density at radius 1 is 0.688 bits per heavy atom. The summed E-state index contributed by atoms with van der Waals surface area (Å²) in [6.07, 6.45) is 23.1. The van der Waals surface area contributed by atoms with E-state index in [2.05, 4.69) is 46.9 Å². The van der Waals surface area contributed by atoms with Crippen molar-refractivity contribution in [3.8, 4) is 0 Å². The molecule has 1 unspecified atom stereocenters. The lowest BCUT2D eigenvalue weighted by molar-refractivity contribution is -0.0205. The molecule has 0 saturated heterocycles. The Morgan fingerprint density at radius 2 is 1.12 bits per heavy atom. The highest BCUT2D eigenvalue weighted by atomic mass is 127. The van der Waals surface area contributed by atoms with Crippen molar-refractivity contribution in [2.45, 2.75) is 115 Å². The van der Waals surface area contributed by atoms with Gasteiger partial charge in [-0.05, 0) is 59.5 Å². The first-order valence-corrected chi connectivity index (χ1v) is 14.3. The molecule has 0 bridgehead atoms. The lowest BCUT2D eigenvalue weighted by Crippen LogP contribution is -2.22. The van der Waals surface area contributed by atoms with Crippen LogP contribution in [0.3, 0.4) is 0 Å². The Hall–Kier alpha value is -0.170. The Kier molecular flexibility index (Phi) is 21.1. The monoisotopic (exact) mass is 560 g/mol. The van der Waals surface area contributed by atoms with E-state index in [1.807, 2.05) is 0 Å². The lowest BCUT2D eigenvalue weighted by atomic mass is 10.0. The first-order valence-electron chi connectivity index (χ1n) is 13.2. The van der Waals surface area contributed by atoms with Crippen LogP contribution in [0.15, 0.2) is 24.3 Å². The zero-order chi connectivity index (χ0) is 23.1. The van der Waals surface area contributed by atoms with Crippen LogP contribution < -0.4 is 0 Å². The summed E-state index contributed by atoms with van der Waals surface area (Å²) in [5, 5.41) is 9.01. The third kappa shape index (κ3) is 18.3. The van der Waals surface area contributed by atoms with Gasteiger partial charge in [0, 0.05) is 17.3 Å². The van der Waals surface area contributed by atoms with Gasteiger partial charge in [0.2, 0.25) is 0 Å². The van der Waals surface area contributed by atoms with Crippen LogP contribution in [0.1, 0.15) is 108 Å². The van der Waals surface area contributed by atoms with Crippen LogP contribution in [-0.4, -0.2) is 38.1 Å². The molecule has 4 heteroatoms. The fourth-order valence-corrected chi connectivity index (χ4v) is 4.43. The molecule has 1 N–H and O–H groups in total. The van der Waals surface area contributed by atoms with Gasteiger partial charge in [0.1, 0.15) is 6.10 Å². The van der Waals surface area contributed by atoms with E-state index >= 15 is 0 Å².